The molecule has 0 spiro atoms. The second-order valence-electron chi connectivity index (χ2n) is 10.6. The molecule has 0 atom stereocenters. The van der Waals surface area contributed by atoms with Crippen molar-refractivity contribution in [2.75, 3.05) is 46.6 Å². The topological polar surface area (TPSA) is 122 Å². The van der Waals surface area contributed by atoms with E-state index in [2.05, 4.69) is 43.0 Å². The SMILES string of the molecule is CCCCCCCCCCCCCCCC[N+](C)(C)C.Nc1nc([O-])c2ncn(COCCO)c2n1. The van der Waals surface area contributed by atoms with Crippen molar-refractivity contribution in [3.8, 4) is 5.88 Å². The van der Waals surface area contributed by atoms with Gasteiger partial charge in [-0.2, -0.15) is 4.98 Å². The van der Waals surface area contributed by atoms with Crippen LogP contribution in [0.3, 0.4) is 0 Å². The van der Waals surface area contributed by atoms with Crippen LogP contribution < -0.4 is 10.8 Å². The van der Waals surface area contributed by atoms with Gasteiger partial charge in [-0.1, -0.05) is 84.0 Å². The zero-order chi connectivity index (χ0) is 26.7. The first-order valence-corrected chi connectivity index (χ1v) is 13.9. The fraction of sp³-hybridized carbons (Fsp3) is 0.815. The molecule has 0 unspecified atom stereocenters. The number of rotatable bonds is 19. The van der Waals surface area contributed by atoms with Gasteiger partial charge in [0.05, 0.1) is 47.2 Å². The molecular formula is C27H52N6O3. The number of aliphatic hydroxyl groups is 1. The molecule has 208 valence electrons. The number of anilines is 1. The van der Waals surface area contributed by atoms with Crippen LogP contribution in [0.2, 0.25) is 0 Å². The number of nitrogens with two attached hydrogens (primary N) is 1. The zero-order valence-electron chi connectivity index (χ0n) is 23.4. The second-order valence-corrected chi connectivity index (χ2v) is 10.6. The molecule has 0 fully saturated rings. The van der Waals surface area contributed by atoms with E-state index in [0.29, 0.717) is 5.65 Å². The van der Waals surface area contributed by atoms with Crippen molar-refractivity contribution in [3.63, 3.8) is 0 Å². The lowest BCUT2D eigenvalue weighted by molar-refractivity contribution is -0.870. The van der Waals surface area contributed by atoms with Gasteiger partial charge in [0.25, 0.3) is 0 Å². The number of aromatic nitrogens is 4. The van der Waals surface area contributed by atoms with Crippen molar-refractivity contribution in [1.82, 2.24) is 19.5 Å². The Kier molecular flexibility index (Phi) is 17.1. The van der Waals surface area contributed by atoms with Crippen molar-refractivity contribution in [1.29, 1.82) is 0 Å². The van der Waals surface area contributed by atoms with Crippen molar-refractivity contribution < 1.29 is 19.4 Å². The average Bonchev–Trinajstić information content (AvgIpc) is 3.22. The highest BCUT2D eigenvalue weighted by Crippen LogP contribution is 2.18. The Morgan fingerprint density at radius 3 is 1.92 bits per heavy atom. The summed E-state index contributed by atoms with van der Waals surface area (Å²) in [7, 11) is 6.88. The van der Waals surface area contributed by atoms with E-state index in [0.717, 1.165) is 4.48 Å². The van der Waals surface area contributed by atoms with E-state index in [1.54, 1.807) is 0 Å². The Morgan fingerprint density at radius 1 is 0.889 bits per heavy atom. The van der Waals surface area contributed by atoms with Crippen LogP contribution in [0.15, 0.2) is 6.33 Å². The van der Waals surface area contributed by atoms with Gasteiger partial charge in [0.1, 0.15) is 12.2 Å². The maximum absolute atomic E-state index is 11.4. The quantitative estimate of drug-likeness (QED) is 0.210. The summed E-state index contributed by atoms with van der Waals surface area (Å²) in [5.74, 6) is -0.607. The normalized spacial score (nSPS) is 11.6. The van der Waals surface area contributed by atoms with Crippen LogP contribution in [-0.2, 0) is 11.5 Å². The summed E-state index contributed by atoms with van der Waals surface area (Å²) in [4.78, 5) is 11.2. The summed E-state index contributed by atoms with van der Waals surface area (Å²) in [6, 6.07) is 0. The predicted molar refractivity (Wildman–Crippen MR) is 145 cm³/mol. The molecule has 0 radical (unpaired) electrons. The van der Waals surface area contributed by atoms with Crippen LogP contribution in [0, 0.1) is 0 Å². The van der Waals surface area contributed by atoms with Crippen molar-refractivity contribution in [2.45, 2.75) is 104 Å². The minimum absolute atomic E-state index is 0.0729. The molecule has 36 heavy (non-hydrogen) atoms. The van der Waals surface area contributed by atoms with Crippen LogP contribution in [0.4, 0.5) is 5.95 Å². The Hall–Kier alpha value is -1.97. The number of unbranched alkanes of at least 4 members (excludes halogenated alkanes) is 13. The summed E-state index contributed by atoms with van der Waals surface area (Å²) in [6.07, 6.45) is 21.8. The first-order valence-electron chi connectivity index (χ1n) is 13.9. The van der Waals surface area contributed by atoms with Crippen molar-refractivity contribution in [2.24, 2.45) is 0 Å². The number of ether oxygens (including phenoxy) is 1. The molecular weight excluding hydrogens is 456 g/mol. The molecule has 0 aliphatic rings. The van der Waals surface area contributed by atoms with Gasteiger partial charge in [0, 0.05) is 5.88 Å². The second kappa shape index (κ2) is 19.2. The summed E-state index contributed by atoms with van der Waals surface area (Å²) in [5, 5.41) is 19.9. The lowest BCUT2D eigenvalue weighted by Gasteiger charge is -2.23. The van der Waals surface area contributed by atoms with Gasteiger partial charge in [0.2, 0.25) is 5.95 Å². The van der Waals surface area contributed by atoms with Crippen LogP contribution >= 0.6 is 0 Å². The maximum atomic E-state index is 11.4. The number of hydrogen-bond donors (Lipinski definition) is 2. The van der Waals surface area contributed by atoms with Crippen molar-refractivity contribution >= 4 is 17.1 Å². The van der Waals surface area contributed by atoms with Gasteiger partial charge in [-0.3, -0.25) is 4.57 Å². The van der Waals surface area contributed by atoms with Gasteiger partial charge in [0.15, 0.2) is 5.65 Å². The molecule has 0 saturated heterocycles. The van der Waals surface area contributed by atoms with Gasteiger partial charge in [-0.25, -0.2) is 9.97 Å². The van der Waals surface area contributed by atoms with Gasteiger partial charge in [-0.15, -0.1) is 0 Å². The molecule has 0 bridgehead atoms. The van der Waals surface area contributed by atoms with Gasteiger partial charge < -0.3 is 25.2 Å². The third kappa shape index (κ3) is 15.2. The molecule has 0 amide bonds. The molecule has 0 aliphatic carbocycles. The number of nitrogens with zero attached hydrogens (tertiary/aromatic N) is 5. The fourth-order valence-electron chi connectivity index (χ4n) is 4.04. The standard InChI is InChI=1S/C19H42N.C8H11N5O3/c1-5-6-7-8-9-10-11-12-13-14-15-16-17-18-19-20(2,3)4;9-8-11-6-5(7(15)12-8)10-3-13(6)4-16-2-1-14/h5-19H2,1-4H3;3,14H,1-2,4H2,(H3,9,11,12,15)/q+1;/p-1. The van der Waals surface area contributed by atoms with Crippen LogP contribution in [-0.4, -0.2) is 70.0 Å². The van der Waals surface area contributed by atoms with Crippen molar-refractivity contribution in [3.05, 3.63) is 6.33 Å². The highest BCUT2D eigenvalue weighted by atomic mass is 16.5. The lowest BCUT2D eigenvalue weighted by atomic mass is 10.0. The first kappa shape index (κ1) is 32.1. The monoisotopic (exact) mass is 508 g/mol. The minimum atomic E-state index is -0.511. The molecule has 2 heterocycles. The van der Waals surface area contributed by atoms with E-state index in [9.17, 15) is 5.11 Å². The Bertz CT molecular complexity index is 807. The highest BCUT2D eigenvalue weighted by Gasteiger charge is 2.07. The zero-order valence-corrected chi connectivity index (χ0v) is 23.4. The van der Waals surface area contributed by atoms with Crippen LogP contribution in [0.1, 0.15) is 96.8 Å². The molecule has 0 aromatic carbocycles. The number of fused-ring (bicyclic) bond motifs is 1. The lowest BCUT2D eigenvalue weighted by Crippen LogP contribution is -2.35. The van der Waals surface area contributed by atoms with E-state index in [-0.39, 0.29) is 31.4 Å². The van der Waals surface area contributed by atoms with E-state index in [4.69, 9.17) is 15.6 Å². The van der Waals surface area contributed by atoms with E-state index in [1.165, 1.54) is 107 Å². The Balaban J connectivity index is 0.000000367. The molecule has 2 rings (SSSR count). The number of hydrogen-bond acceptors (Lipinski definition) is 7. The minimum Gasteiger partial charge on any atom is -0.857 e. The molecule has 2 aromatic heterocycles. The third-order valence-corrected chi connectivity index (χ3v) is 6.10. The molecule has 9 nitrogen and oxygen atoms in total. The first-order chi connectivity index (χ1) is 17.3. The van der Waals surface area contributed by atoms with E-state index < -0.39 is 5.88 Å². The fourth-order valence-corrected chi connectivity index (χ4v) is 4.04. The third-order valence-electron chi connectivity index (χ3n) is 6.10. The van der Waals surface area contributed by atoms with E-state index >= 15 is 0 Å². The molecule has 0 saturated carbocycles. The largest absolute Gasteiger partial charge is 0.857 e. The van der Waals surface area contributed by atoms with Crippen LogP contribution in [0.25, 0.3) is 11.2 Å². The molecule has 3 N–H and O–H groups in total. The summed E-state index contributed by atoms with van der Waals surface area (Å²) < 4.78 is 7.73. The predicted octanol–water partition coefficient (Wildman–Crippen LogP) is 4.62. The number of imidazole rings is 1. The number of aliphatic hydroxyl groups excluding tert-OH is 1. The highest BCUT2D eigenvalue weighted by molar-refractivity contribution is 5.76. The summed E-state index contributed by atoms with van der Waals surface area (Å²) in [6.45, 7) is 3.90. The Morgan fingerprint density at radius 2 is 1.42 bits per heavy atom. The van der Waals surface area contributed by atoms with Crippen LogP contribution in [0.5, 0.6) is 5.88 Å². The average molecular weight is 509 g/mol. The molecule has 2 aromatic rings. The maximum Gasteiger partial charge on any atom is 0.221 e. The number of nitrogen functional groups attached to an aromatic ring is 1. The van der Waals surface area contributed by atoms with E-state index in [1.807, 2.05) is 0 Å². The summed E-state index contributed by atoms with van der Waals surface area (Å²) >= 11 is 0. The molecule has 0 aliphatic heterocycles. The van der Waals surface area contributed by atoms with Gasteiger partial charge in [-0.05, 0) is 12.8 Å². The number of quaternary nitrogens is 1. The molecule has 9 heteroatoms. The summed E-state index contributed by atoms with van der Waals surface area (Å²) in [5.41, 5.74) is 5.85. The smallest absolute Gasteiger partial charge is 0.221 e. The van der Waals surface area contributed by atoms with Gasteiger partial charge >= 0.3 is 0 Å². The Labute approximate surface area is 218 Å².